The van der Waals surface area contributed by atoms with Crippen LogP contribution in [0.25, 0.3) is 22.8 Å². The molecule has 1 aliphatic rings. The zero-order valence-corrected chi connectivity index (χ0v) is 14.3. The minimum absolute atomic E-state index is 0.217. The Balaban J connectivity index is 1.68. The molecule has 130 valence electrons. The van der Waals surface area contributed by atoms with Crippen molar-refractivity contribution in [2.45, 2.75) is 32.8 Å². The number of hydrogen-bond acceptors (Lipinski definition) is 7. The summed E-state index contributed by atoms with van der Waals surface area (Å²) in [4.78, 5) is 9.07. The van der Waals surface area contributed by atoms with Crippen LogP contribution in [0.3, 0.4) is 0 Å². The quantitative estimate of drug-likeness (QED) is 0.759. The number of anilines is 1. The van der Waals surface area contributed by atoms with Crippen molar-refractivity contribution < 1.29 is 13.7 Å². The molecule has 4 rings (SSSR count). The average molecular weight is 340 g/mol. The number of furan rings is 1. The van der Waals surface area contributed by atoms with Crippen LogP contribution < -0.4 is 5.32 Å². The molecule has 7 nitrogen and oxygen atoms in total. The van der Waals surface area contributed by atoms with Gasteiger partial charge in [0.1, 0.15) is 5.69 Å². The molecule has 4 heterocycles. The van der Waals surface area contributed by atoms with E-state index in [-0.39, 0.29) is 6.10 Å². The van der Waals surface area contributed by atoms with Gasteiger partial charge in [0.15, 0.2) is 11.5 Å². The summed E-state index contributed by atoms with van der Waals surface area (Å²) in [6.07, 6.45) is 5.75. The Morgan fingerprint density at radius 2 is 2.24 bits per heavy atom. The molecule has 1 atom stereocenters. The monoisotopic (exact) mass is 340 g/mol. The normalized spacial score (nSPS) is 17.1. The number of aryl methyl sites for hydroxylation is 1. The molecule has 1 fully saturated rings. The molecule has 1 aliphatic heterocycles. The van der Waals surface area contributed by atoms with Crippen molar-refractivity contribution in [3.63, 3.8) is 0 Å². The Labute approximate surface area is 145 Å². The summed E-state index contributed by atoms with van der Waals surface area (Å²) in [6, 6.07) is 3.70. The van der Waals surface area contributed by atoms with Gasteiger partial charge in [-0.3, -0.25) is 0 Å². The van der Waals surface area contributed by atoms with E-state index < -0.39 is 0 Å². The van der Waals surface area contributed by atoms with Crippen molar-refractivity contribution in [1.29, 1.82) is 0 Å². The van der Waals surface area contributed by atoms with Crippen LogP contribution in [0.5, 0.6) is 0 Å². The van der Waals surface area contributed by atoms with E-state index in [0.29, 0.717) is 29.7 Å². The zero-order chi connectivity index (χ0) is 17.2. The fraction of sp³-hybridized carbons (Fsp3) is 0.389. The lowest BCUT2D eigenvalue weighted by Crippen LogP contribution is -2.19. The predicted molar refractivity (Wildman–Crippen MR) is 92.2 cm³/mol. The third-order valence-corrected chi connectivity index (χ3v) is 4.46. The van der Waals surface area contributed by atoms with Crippen LogP contribution >= 0.6 is 0 Å². The molecular weight excluding hydrogens is 320 g/mol. The lowest BCUT2D eigenvalue weighted by atomic mass is 10.1. The van der Waals surface area contributed by atoms with E-state index in [1.54, 1.807) is 12.5 Å². The Kier molecular flexibility index (Phi) is 4.23. The van der Waals surface area contributed by atoms with Gasteiger partial charge in [0.05, 0.1) is 23.6 Å². The summed E-state index contributed by atoms with van der Waals surface area (Å²) < 4.78 is 16.7. The molecule has 1 saturated heterocycles. The Hall–Kier alpha value is -2.67. The van der Waals surface area contributed by atoms with E-state index in [9.17, 15) is 0 Å². The van der Waals surface area contributed by atoms with Gasteiger partial charge in [-0.25, -0.2) is 9.97 Å². The van der Waals surface area contributed by atoms with Crippen molar-refractivity contribution in [3.05, 3.63) is 35.9 Å². The van der Waals surface area contributed by atoms with Gasteiger partial charge in [0, 0.05) is 24.9 Å². The maximum absolute atomic E-state index is 5.63. The number of rotatable bonds is 5. The fourth-order valence-electron chi connectivity index (χ4n) is 2.91. The van der Waals surface area contributed by atoms with Crippen LogP contribution in [-0.2, 0) is 4.74 Å². The van der Waals surface area contributed by atoms with Crippen LogP contribution in [0.15, 0.2) is 33.5 Å². The molecule has 25 heavy (non-hydrogen) atoms. The van der Waals surface area contributed by atoms with Gasteiger partial charge < -0.3 is 19.0 Å². The molecule has 0 unspecified atom stereocenters. The van der Waals surface area contributed by atoms with E-state index in [0.717, 1.165) is 36.3 Å². The van der Waals surface area contributed by atoms with E-state index in [1.165, 1.54) is 0 Å². The fourth-order valence-corrected chi connectivity index (χ4v) is 2.91. The van der Waals surface area contributed by atoms with Crippen molar-refractivity contribution in [3.8, 4) is 22.8 Å². The third-order valence-electron chi connectivity index (χ3n) is 4.46. The van der Waals surface area contributed by atoms with Crippen LogP contribution in [0.4, 0.5) is 5.95 Å². The largest absolute Gasteiger partial charge is 0.463 e. The standard InChI is InChI=1S/C18H20N4O3/c1-11-12(2)22-25-17(11)14-10-20-18(19-9-13-5-3-7-23-13)21-16(14)15-6-4-8-24-15/h4,6,8,10,13H,3,5,7,9H2,1-2H3,(H,19,20,21)/t13-/m1/s1. The van der Waals surface area contributed by atoms with Gasteiger partial charge in [-0.2, -0.15) is 0 Å². The molecule has 0 radical (unpaired) electrons. The molecule has 3 aromatic heterocycles. The molecule has 0 bridgehead atoms. The molecule has 0 spiro atoms. The second-order valence-electron chi connectivity index (χ2n) is 6.17. The van der Waals surface area contributed by atoms with E-state index in [4.69, 9.17) is 13.7 Å². The van der Waals surface area contributed by atoms with E-state index in [2.05, 4.69) is 20.4 Å². The number of nitrogens with zero attached hydrogens (tertiary/aromatic N) is 3. The first-order valence-corrected chi connectivity index (χ1v) is 8.42. The zero-order valence-electron chi connectivity index (χ0n) is 14.3. The van der Waals surface area contributed by atoms with E-state index in [1.807, 2.05) is 26.0 Å². The van der Waals surface area contributed by atoms with Crippen LogP contribution in [0, 0.1) is 13.8 Å². The molecule has 7 heteroatoms. The number of hydrogen-bond donors (Lipinski definition) is 1. The SMILES string of the molecule is Cc1noc(-c2cnc(NC[C@H]3CCCO3)nc2-c2ccco2)c1C. The van der Waals surface area contributed by atoms with Gasteiger partial charge in [-0.05, 0) is 38.8 Å². The summed E-state index contributed by atoms with van der Waals surface area (Å²) in [5, 5.41) is 7.29. The highest BCUT2D eigenvalue weighted by molar-refractivity contribution is 5.77. The van der Waals surface area contributed by atoms with Gasteiger partial charge in [0.2, 0.25) is 5.95 Å². The molecular formula is C18H20N4O3. The highest BCUT2D eigenvalue weighted by Gasteiger charge is 2.21. The summed E-state index contributed by atoms with van der Waals surface area (Å²) in [6.45, 7) is 5.40. The van der Waals surface area contributed by atoms with Gasteiger partial charge in [-0.15, -0.1) is 0 Å². The first-order chi connectivity index (χ1) is 12.2. The molecule has 0 saturated carbocycles. The maximum atomic E-state index is 5.63. The van der Waals surface area contributed by atoms with Crippen molar-refractivity contribution in [2.24, 2.45) is 0 Å². The first-order valence-electron chi connectivity index (χ1n) is 8.42. The summed E-state index contributed by atoms with van der Waals surface area (Å²) in [5.74, 6) is 1.86. The molecule has 1 N–H and O–H groups in total. The van der Waals surface area contributed by atoms with Crippen LogP contribution in [0.1, 0.15) is 24.1 Å². The Morgan fingerprint density at radius 3 is 2.92 bits per heavy atom. The number of ether oxygens (including phenoxy) is 1. The van der Waals surface area contributed by atoms with Crippen molar-refractivity contribution >= 4 is 5.95 Å². The first kappa shape index (κ1) is 15.8. The van der Waals surface area contributed by atoms with Gasteiger partial charge in [-0.1, -0.05) is 5.16 Å². The van der Waals surface area contributed by atoms with E-state index >= 15 is 0 Å². The lowest BCUT2D eigenvalue weighted by Gasteiger charge is -2.12. The predicted octanol–water partition coefficient (Wildman–Crippen LogP) is 3.60. The summed E-state index contributed by atoms with van der Waals surface area (Å²) in [7, 11) is 0. The maximum Gasteiger partial charge on any atom is 0.223 e. The Morgan fingerprint density at radius 1 is 1.32 bits per heavy atom. The number of aromatic nitrogens is 3. The van der Waals surface area contributed by atoms with Crippen molar-refractivity contribution in [1.82, 2.24) is 15.1 Å². The average Bonchev–Trinajstić information content (AvgIpc) is 3.37. The Bertz CT molecular complexity index is 851. The number of nitrogens with one attached hydrogen (secondary N) is 1. The molecule has 0 aromatic carbocycles. The second kappa shape index (κ2) is 6.68. The van der Waals surface area contributed by atoms with Gasteiger partial charge in [0.25, 0.3) is 0 Å². The van der Waals surface area contributed by atoms with Crippen LogP contribution in [-0.4, -0.2) is 34.4 Å². The highest BCUT2D eigenvalue weighted by Crippen LogP contribution is 2.33. The highest BCUT2D eigenvalue weighted by atomic mass is 16.5. The summed E-state index contributed by atoms with van der Waals surface area (Å²) in [5.41, 5.74) is 3.25. The smallest absolute Gasteiger partial charge is 0.223 e. The molecule has 3 aromatic rings. The van der Waals surface area contributed by atoms with Crippen LogP contribution in [0.2, 0.25) is 0 Å². The minimum Gasteiger partial charge on any atom is -0.463 e. The molecule has 0 amide bonds. The third kappa shape index (κ3) is 3.15. The van der Waals surface area contributed by atoms with Gasteiger partial charge >= 0.3 is 0 Å². The summed E-state index contributed by atoms with van der Waals surface area (Å²) >= 11 is 0. The molecule has 0 aliphatic carbocycles. The lowest BCUT2D eigenvalue weighted by molar-refractivity contribution is 0.120. The minimum atomic E-state index is 0.217. The topological polar surface area (TPSA) is 86.2 Å². The second-order valence-corrected chi connectivity index (χ2v) is 6.17. The van der Waals surface area contributed by atoms with Crippen molar-refractivity contribution in [2.75, 3.05) is 18.5 Å².